The van der Waals surface area contributed by atoms with Gasteiger partial charge in [0, 0.05) is 50.5 Å². The lowest BCUT2D eigenvalue weighted by atomic mass is 10.2. The molecule has 1 aliphatic rings. The van der Waals surface area contributed by atoms with E-state index in [0.717, 1.165) is 25.2 Å². The number of amides is 1. The molecule has 7 heteroatoms. The monoisotopic (exact) mass is 391 g/mol. The number of anilines is 2. The number of alkyl halides is 3. The van der Waals surface area contributed by atoms with Gasteiger partial charge >= 0.3 is 6.18 Å². The number of piperazine rings is 1. The maximum absolute atomic E-state index is 12.7. The minimum Gasteiger partial charge on any atom is -0.385 e. The molecule has 0 bridgehead atoms. The fraction of sp³-hybridized carbons (Fsp3) is 0.381. The fourth-order valence-corrected chi connectivity index (χ4v) is 3.32. The number of carbonyl (C=O) groups excluding carboxylic acids is 1. The molecule has 4 nitrogen and oxygen atoms in total. The molecular formula is C21H24F3N3O. The van der Waals surface area contributed by atoms with Crippen molar-refractivity contribution in [2.45, 2.75) is 19.5 Å². The summed E-state index contributed by atoms with van der Waals surface area (Å²) in [6.07, 6.45) is -4.12. The summed E-state index contributed by atoms with van der Waals surface area (Å²) in [5.74, 6) is 0.0170. The molecule has 150 valence electrons. The van der Waals surface area contributed by atoms with Crippen molar-refractivity contribution in [3.8, 4) is 0 Å². The first kappa shape index (κ1) is 20.0. The summed E-state index contributed by atoms with van der Waals surface area (Å²) in [6, 6.07) is 13.3. The summed E-state index contributed by atoms with van der Waals surface area (Å²) < 4.78 is 38.2. The zero-order valence-electron chi connectivity index (χ0n) is 15.8. The van der Waals surface area contributed by atoms with Gasteiger partial charge in [-0.3, -0.25) is 4.79 Å². The van der Waals surface area contributed by atoms with Crippen LogP contribution < -0.4 is 10.2 Å². The zero-order valence-corrected chi connectivity index (χ0v) is 15.8. The van der Waals surface area contributed by atoms with E-state index >= 15 is 0 Å². The molecule has 0 radical (unpaired) electrons. The van der Waals surface area contributed by atoms with Gasteiger partial charge in [-0.1, -0.05) is 18.2 Å². The molecule has 3 rings (SSSR count). The number of halogens is 3. The van der Waals surface area contributed by atoms with Crippen LogP contribution in [0.25, 0.3) is 0 Å². The normalized spacial score (nSPS) is 14.9. The SMILES string of the molecule is Cc1cccc(N2CCN(C(=O)CCNc3cccc(C(F)(F)F)c3)CC2)c1. The van der Waals surface area contributed by atoms with E-state index in [4.69, 9.17) is 0 Å². The average Bonchev–Trinajstić information content (AvgIpc) is 2.68. The maximum Gasteiger partial charge on any atom is 0.416 e. The van der Waals surface area contributed by atoms with Crippen molar-refractivity contribution in [1.29, 1.82) is 0 Å². The van der Waals surface area contributed by atoms with Crippen LogP contribution in [0.5, 0.6) is 0 Å². The van der Waals surface area contributed by atoms with Crippen LogP contribution in [0.2, 0.25) is 0 Å². The predicted molar refractivity (Wildman–Crippen MR) is 105 cm³/mol. The van der Waals surface area contributed by atoms with Gasteiger partial charge in [0.05, 0.1) is 5.56 Å². The molecule has 1 fully saturated rings. The van der Waals surface area contributed by atoms with E-state index in [-0.39, 0.29) is 12.3 Å². The van der Waals surface area contributed by atoms with E-state index in [9.17, 15) is 18.0 Å². The number of rotatable bonds is 5. The van der Waals surface area contributed by atoms with E-state index in [1.165, 1.54) is 17.3 Å². The van der Waals surface area contributed by atoms with Crippen LogP contribution in [0.3, 0.4) is 0 Å². The molecule has 1 saturated heterocycles. The summed E-state index contributed by atoms with van der Waals surface area (Å²) in [4.78, 5) is 16.5. The van der Waals surface area contributed by atoms with E-state index in [1.807, 2.05) is 11.0 Å². The molecule has 2 aromatic rings. The van der Waals surface area contributed by atoms with E-state index < -0.39 is 11.7 Å². The Morgan fingerprint density at radius 1 is 1.04 bits per heavy atom. The quantitative estimate of drug-likeness (QED) is 0.831. The van der Waals surface area contributed by atoms with E-state index in [2.05, 4.69) is 35.3 Å². The highest BCUT2D eigenvalue weighted by Gasteiger charge is 2.30. The molecule has 1 heterocycles. The fourth-order valence-electron chi connectivity index (χ4n) is 3.32. The van der Waals surface area contributed by atoms with Crippen LogP contribution in [0.15, 0.2) is 48.5 Å². The van der Waals surface area contributed by atoms with Gasteiger partial charge in [-0.2, -0.15) is 13.2 Å². The summed E-state index contributed by atoms with van der Waals surface area (Å²) in [5, 5.41) is 2.91. The van der Waals surface area contributed by atoms with Crippen molar-refractivity contribution in [1.82, 2.24) is 4.90 Å². The first-order valence-electron chi connectivity index (χ1n) is 9.33. The number of hydrogen-bond acceptors (Lipinski definition) is 3. The summed E-state index contributed by atoms with van der Waals surface area (Å²) >= 11 is 0. The number of carbonyl (C=O) groups is 1. The minimum atomic E-state index is -4.37. The number of hydrogen-bond donors (Lipinski definition) is 1. The molecular weight excluding hydrogens is 367 g/mol. The Morgan fingerprint density at radius 3 is 2.43 bits per heavy atom. The standard InChI is InChI=1S/C21H24F3N3O/c1-16-4-2-7-19(14-16)26-10-12-27(13-11-26)20(28)8-9-25-18-6-3-5-17(15-18)21(22,23)24/h2-7,14-15,25H,8-13H2,1H3. The molecule has 0 saturated carbocycles. The minimum absolute atomic E-state index is 0.0170. The van der Waals surface area contributed by atoms with Gasteiger partial charge in [0.25, 0.3) is 0 Å². The lowest BCUT2D eigenvalue weighted by Gasteiger charge is -2.36. The van der Waals surface area contributed by atoms with Crippen molar-refractivity contribution < 1.29 is 18.0 Å². The van der Waals surface area contributed by atoms with Gasteiger partial charge in [0.2, 0.25) is 5.91 Å². The number of nitrogens with one attached hydrogen (secondary N) is 1. The van der Waals surface area contributed by atoms with Crippen molar-refractivity contribution in [3.63, 3.8) is 0 Å². The van der Waals surface area contributed by atoms with Gasteiger partial charge in [0.15, 0.2) is 0 Å². The Kier molecular flexibility index (Phi) is 6.11. The highest BCUT2D eigenvalue weighted by molar-refractivity contribution is 5.77. The second-order valence-corrected chi connectivity index (χ2v) is 6.96. The Morgan fingerprint density at radius 2 is 1.75 bits per heavy atom. The first-order valence-corrected chi connectivity index (χ1v) is 9.33. The number of aryl methyl sites for hydroxylation is 1. The van der Waals surface area contributed by atoms with Crippen LogP contribution >= 0.6 is 0 Å². The lowest BCUT2D eigenvalue weighted by Crippen LogP contribution is -2.49. The van der Waals surface area contributed by atoms with Crippen molar-refractivity contribution in [2.24, 2.45) is 0 Å². The Labute approximate surface area is 162 Å². The van der Waals surface area contributed by atoms with Crippen molar-refractivity contribution >= 4 is 17.3 Å². The van der Waals surface area contributed by atoms with Gasteiger partial charge in [0.1, 0.15) is 0 Å². The Bertz CT molecular complexity index is 815. The summed E-state index contributed by atoms with van der Waals surface area (Å²) in [6.45, 7) is 5.21. The third-order valence-corrected chi connectivity index (χ3v) is 4.86. The van der Waals surface area contributed by atoms with Gasteiger partial charge < -0.3 is 15.1 Å². The van der Waals surface area contributed by atoms with Crippen molar-refractivity contribution in [2.75, 3.05) is 42.9 Å². The van der Waals surface area contributed by atoms with Crippen LogP contribution in [-0.4, -0.2) is 43.5 Å². The highest BCUT2D eigenvalue weighted by atomic mass is 19.4. The first-order chi connectivity index (χ1) is 13.3. The smallest absolute Gasteiger partial charge is 0.385 e. The molecule has 0 aromatic heterocycles. The molecule has 1 N–H and O–H groups in total. The summed E-state index contributed by atoms with van der Waals surface area (Å²) in [7, 11) is 0. The van der Waals surface area contributed by atoms with Crippen LogP contribution in [0, 0.1) is 6.92 Å². The molecule has 1 aliphatic heterocycles. The third kappa shape index (κ3) is 5.18. The third-order valence-electron chi connectivity index (χ3n) is 4.86. The maximum atomic E-state index is 12.7. The molecule has 0 spiro atoms. The Balaban J connectivity index is 1.45. The van der Waals surface area contributed by atoms with Crippen LogP contribution in [-0.2, 0) is 11.0 Å². The van der Waals surface area contributed by atoms with Gasteiger partial charge in [-0.25, -0.2) is 0 Å². The Hall–Kier alpha value is -2.70. The molecule has 0 aliphatic carbocycles. The zero-order chi connectivity index (χ0) is 20.1. The molecule has 1 amide bonds. The molecule has 0 atom stereocenters. The number of benzene rings is 2. The average molecular weight is 391 g/mol. The topological polar surface area (TPSA) is 35.6 Å². The second-order valence-electron chi connectivity index (χ2n) is 6.96. The van der Waals surface area contributed by atoms with E-state index in [1.54, 1.807) is 6.07 Å². The van der Waals surface area contributed by atoms with Gasteiger partial charge in [-0.05, 0) is 42.8 Å². The van der Waals surface area contributed by atoms with Crippen molar-refractivity contribution in [3.05, 3.63) is 59.7 Å². The molecule has 0 unspecified atom stereocenters. The summed E-state index contributed by atoms with van der Waals surface area (Å²) in [5.41, 5.74) is 2.04. The largest absolute Gasteiger partial charge is 0.416 e. The highest BCUT2D eigenvalue weighted by Crippen LogP contribution is 2.30. The van der Waals surface area contributed by atoms with E-state index in [0.29, 0.717) is 25.3 Å². The predicted octanol–water partition coefficient (Wildman–Crippen LogP) is 4.16. The number of nitrogens with zero attached hydrogens (tertiary/aromatic N) is 2. The lowest BCUT2D eigenvalue weighted by molar-refractivity contribution is -0.137. The van der Waals surface area contributed by atoms with Crippen LogP contribution in [0.1, 0.15) is 17.5 Å². The van der Waals surface area contributed by atoms with Crippen LogP contribution in [0.4, 0.5) is 24.5 Å². The second kappa shape index (κ2) is 8.54. The molecule has 2 aromatic carbocycles. The molecule has 28 heavy (non-hydrogen) atoms. The van der Waals surface area contributed by atoms with Gasteiger partial charge in [-0.15, -0.1) is 0 Å².